The molecule has 0 spiro atoms. The highest BCUT2D eigenvalue weighted by Gasteiger charge is 2.15. The van der Waals surface area contributed by atoms with Gasteiger partial charge in [0.2, 0.25) is 0 Å². The molecule has 6 heteroatoms. The molecule has 2 aromatic heterocycles. The smallest absolute Gasteiger partial charge is 0.263 e. The van der Waals surface area contributed by atoms with Crippen LogP contribution in [-0.2, 0) is 13.0 Å². The molecule has 1 aromatic carbocycles. The number of carbonyl (C=O) groups excluding carboxylic acids is 1. The zero-order chi connectivity index (χ0) is 17.1. The zero-order valence-corrected chi connectivity index (χ0v) is 15.0. The van der Waals surface area contributed by atoms with Crippen LogP contribution >= 0.6 is 11.3 Å². The zero-order valence-electron chi connectivity index (χ0n) is 14.2. The van der Waals surface area contributed by atoms with E-state index in [-0.39, 0.29) is 5.91 Å². The summed E-state index contributed by atoms with van der Waals surface area (Å²) in [5, 5.41) is 5.20. The predicted molar refractivity (Wildman–Crippen MR) is 98.6 cm³/mol. The van der Waals surface area contributed by atoms with Crippen LogP contribution in [0.15, 0.2) is 30.5 Å². The van der Waals surface area contributed by atoms with E-state index in [0.717, 1.165) is 29.2 Å². The maximum Gasteiger partial charge on any atom is 0.263 e. The fraction of sp³-hybridized carbons (Fsp3) is 0.333. The van der Waals surface area contributed by atoms with E-state index in [1.165, 1.54) is 22.3 Å². The van der Waals surface area contributed by atoms with Crippen molar-refractivity contribution in [1.29, 1.82) is 0 Å². The molecule has 2 N–H and O–H groups in total. The number of nitrogens with zero attached hydrogens (tertiary/aromatic N) is 2. The Morgan fingerprint density at radius 1 is 1.33 bits per heavy atom. The normalized spacial score (nSPS) is 11.3. The number of benzene rings is 1. The lowest BCUT2D eigenvalue weighted by Crippen LogP contribution is -2.25. The third-order valence-electron chi connectivity index (χ3n) is 3.85. The number of carbonyl (C=O) groups is 1. The SMILES string of the molecule is Cc1nc(CN(C)C)sc1C(=O)NCCc1c[nH]c2ccccc12. The number of nitrogens with one attached hydrogen (secondary N) is 2. The third-order valence-corrected chi connectivity index (χ3v) is 4.99. The molecule has 0 saturated carbocycles. The molecule has 0 saturated heterocycles. The molecule has 24 heavy (non-hydrogen) atoms. The van der Waals surface area contributed by atoms with Gasteiger partial charge in [0.1, 0.15) is 9.88 Å². The van der Waals surface area contributed by atoms with Gasteiger partial charge in [-0.3, -0.25) is 4.79 Å². The molecule has 0 aliphatic rings. The van der Waals surface area contributed by atoms with Crippen molar-refractivity contribution in [1.82, 2.24) is 20.2 Å². The minimum absolute atomic E-state index is 0.0325. The van der Waals surface area contributed by atoms with Gasteiger partial charge in [-0.2, -0.15) is 0 Å². The molecule has 0 radical (unpaired) electrons. The summed E-state index contributed by atoms with van der Waals surface area (Å²) in [5.74, 6) is -0.0325. The van der Waals surface area contributed by atoms with Crippen LogP contribution in [0, 0.1) is 6.92 Å². The monoisotopic (exact) mass is 342 g/mol. The number of aromatic nitrogens is 2. The summed E-state index contributed by atoms with van der Waals surface area (Å²) in [4.78, 5) is 22.9. The number of aryl methyl sites for hydroxylation is 1. The molecule has 2 heterocycles. The van der Waals surface area contributed by atoms with Crippen molar-refractivity contribution in [3.05, 3.63) is 51.6 Å². The lowest BCUT2D eigenvalue weighted by atomic mass is 10.1. The summed E-state index contributed by atoms with van der Waals surface area (Å²) in [6, 6.07) is 8.21. The average Bonchev–Trinajstić information content (AvgIpc) is 3.10. The van der Waals surface area contributed by atoms with E-state index in [2.05, 4.69) is 32.3 Å². The molecule has 0 aliphatic heterocycles. The van der Waals surface area contributed by atoms with Gasteiger partial charge in [-0.05, 0) is 39.1 Å². The Kier molecular flexibility index (Phi) is 4.97. The Hall–Kier alpha value is -2.18. The molecule has 3 rings (SSSR count). The lowest BCUT2D eigenvalue weighted by Gasteiger charge is -2.05. The molecular formula is C18H22N4OS. The van der Waals surface area contributed by atoms with Gasteiger partial charge in [0.05, 0.1) is 5.69 Å². The molecule has 1 amide bonds. The first kappa shape index (κ1) is 16.7. The summed E-state index contributed by atoms with van der Waals surface area (Å²) >= 11 is 1.48. The molecule has 0 unspecified atom stereocenters. The van der Waals surface area contributed by atoms with Crippen LogP contribution in [0.4, 0.5) is 0 Å². The second kappa shape index (κ2) is 7.15. The Bertz CT molecular complexity index is 850. The highest BCUT2D eigenvalue weighted by molar-refractivity contribution is 7.13. The number of H-pyrrole nitrogens is 1. The number of para-hydroxylation sites is 1. The van der Waals surface area contributed by atoms with E-state index in [0.29, 0.717) is 11.4 Å². The van der Waals surface area contributed by atoms with E-state index in [9.17, 15) is 4.79 Å². The largest absolute Gasteiger partial charge is 0.361 e. The summed E-state index contributed by atoms with van der Waals surface area (Å²) in [6.07, 6.45) is 2.82. The first-order chi connectivity index (χ1) is 11.5. The Balaban J connectivity index is 1.60. The van der Waals surface area contributed by atoms with Crippen LogP contribution in [0.1, 0.15) is 25.9 Å². The van der Waals surface area contributed by atoms with E-state index in [1.54, 1.807) is 0 Å². The van der Waals surface area contributed by atoms with Gasteiger partial charge in [0.15, 0.2) is 0 Å². The van der Waals surface area contributed by atoms with Crippen molar-refractivity contribution in [2.75, 3.05) is 20.6 Å². The molecule has 126 valence electrons. The molecule has 3 aromatic rings. The minimum atomic E-state index is -0.0325. The highest BCUT2D eigenvalue weighted by Crippen LogP contribution is 2.20. The van der Waals surface area contributed by atoms with Gasteiger partial charge < -0.3 is 15.2 Å². The number of thiazole rings is 1. The van der Waals surface area contributed by atoms with E-state index in [1.807, 2.05) is 39.3 Å². The molecule has 0 atom stereocenters. The first-order valence-corrected chi connectivity index (χ1v) is 8.80. The fourth-order valence-corrected chi connectivity index (χ4v) is 3.83. The maximum atomic E-state index is 12.4. The third kappa shape index (κ3) is 3.66. The van der Waals surface area contributed by atoms with Crippen molar-refractivity contribution in [2.45, 2.75) is 19.9 Å². The van der Waals surface area contributed by atoms with E-state index < -0.39 is 0 Å². The van der Waals surface area contributed by atoms with Crippen LogP contribution in [0.3, 0.4) is 0 Å². The highest BCUT2D eigenvalue weighted by atomic mass is 32.1. The molecule has 0 aliphatic carbocycles. The second-order valence-electron chi connectivity index (χ2n) is 6.13. The Labute approximate surface area is 145 Å². The number of fused-ring (bicyclic) bond motifs is 1. The first-order valence-electron chi connectivity index (χ1n) is 7.99. The topological polar surface area (TPSA) is 61.0 Å². The lowest BCUT2D eigenvalue weighted by molar-refractivity contribution is 0.0957. The summed E-state index contributed by atoms with van der Waals surface area (Å²) in [6.45, 7) is 3.26. The summed E-state index contributed by atoms with van der Waals surface area (Å²) in [7, 11) is 4.00. The van der Waals surface area contributed by atoms with Crippen molar-refractivity contribution >= 4 is 28.1 Å². The van der Waals surface area contributed by atoms with Crippen molar-refractivity contribution < 1.29 is 4.79 Å². The van der Waals surface area contributed by atoms with Crippen LogP contribution in [0.2, 0.25) is 0 Å². The Morgan fingerprint density at radius 3 is 2.92 bits per heavy atom. The summed E-state index contributed by atoms with van der Waals surface area (Å²) < 4.78 is 0. The second-order valence-corrected chi connectivity index (χ2v) is 7.21. The van der Waals surface area contributed by atoms with Gasteiger partial charge in [0, 0.05) is 30.2 Å². The van der Waals surface area contributed by atoms with Crippen LogP contribution in [0.5, 0.6) is 0 Å². The van der Waals surface area contributed by atoms with Gasteiger partial charge in [-0.25, -0.2) is 4.98 Å². The number of rotatable bonds is 6. The molecular weight excluding hydrogens is 320 g/mol. The van der Waals surface area contributed by atoms with Crippen molar-refractivity contribution in [3.63, 3.8) is 0 Å². The van der Waals surface area contributed by atoms with Crippen LogP contribution < -0.4 is 5.32 Å². The van der Waals surface area contributed by atoms with Gasteiger partial charge in [-0.15, -0.1) is 11.3 Å². The predicted octanol–water partition coefficient (Wildman–Crippen LogP) is 2.97. The molecule has 0 bridgehead atoms. The number of aromatic amines is 1. The maximum absolute atomic E-state index is 12.4. The standard InChI is InChI=1S/C18H22N4OS/c1-12-17(24-16(21-12)11-22(2)3)18(23)19-9-8-13-10-20-15-7-5-4-6-14(13)15/h4-7,10,20H,8-9,11H2,1-3H3,(H,19,23). The molecule has 0 fully saturated rings. The van der Waals surface area contributed by atoms with E-state index >= 15 is 0 Å². The number of hydrogen-bond donors (Lipinski definition) is 2. The average molecular weight is 342 g/mol. The van der Waals surface area contributed by atoms with Crippen LogP contribution in [0.25, 0.3) is 10.9 Å². The fourth-order valence-electron chi connectivity index (χ4n) is 2.73. The van der Waals surface area contributed by atoms with Crippen molar-refractivity contribution in [3.8, 4) is 0 Å². The van der Waals surface area contributed by atoms with E-state index in [4.69, 9.17) is 0 Å². The number of hydrogen-bond acceptors (Lipinski definition) is 4. The van der Waals surface area contributed by atoms with Gasteiger partial charge in [-0.1, -0.05) is 18.2 Å². The quantitative estimate of drug-likeness (QED) is 0.724. The molecule has 5 nitrogen and oxygen atoms in total. The Morgan fingerprint density at radius 2 is 2.12 bits per heavy atom. The van der Waals surface area contributed by atoms with Crippen molar-refractivity contribution in [2.24, 2.45) is 0 Å². The summed E-state index contributed by atoms with van der Waals surface area (Å²) in [5.41, 5.74) is 3.16. The minimum Gasteiger partial charge on any atom is -0.361 e. The van der Waals surface area contributed by atoms with Gasteiger partial charge in [0.25, 0.3) is 5.91 Å². The number of amides is 1. The van der Waals surface area contributed by atoms with Gasteiger partial charge >= 0.3 is 0 Å². The van der Waals surface area contributed by atoms with Crippen LogP contribution in [-0.4, -0.2) is 41.4 Å².